The van der Waals surface area contributed by atoms with E-state index < -0.39 is 11.6 Å². The molecule has 0 fully saturated rings. The van der Waals surface area contributed by atoms with Gasteiger partial charge in [0.2, 0.25) is 5.78 Å². The lowest BCUT2D eigenvalue weighted by atomic mass is 9.88. The molecule has 0 spiro atoms. The second-order valence-electron chi connectivity index (χ2n) is 5.40. The third-order valence-electron chi connectivity index (χ3n) is 4.12. The first-order chi connectivity index (χ1) is 11.1. The van der Waals surface area contributed by atoms with Gasteiger partial charge in [-0.2, -0.15) is 0 Å². The predicted molar refractivity (Wildman–Crippen MR) is 85.1 cm³/mol. The summed E-state index contributed by atoms with van der Waals surface area (Å²) in [5, 5.41) is 0. The quantitative estimate of drug-likeness (QED) is 0.648. The highest BCUT2D eigenvalue weighted by Gasteiger charge is 2.37. The molecular formula is C18H12N2O3. The average Bonchev–Trinajstić information content (AvgIpc) is 2.85. The first-order valence-electron chi connectivity index (χ1n) is 7.17. The van der Waals surface area contributed by atoms with Gasteiger partial charge in [-0.3, -0.25) is 14.4 Å². The summed E-state index contributed by atoms with van der Waals surface area (Å²) in [6.07, 6.45) is 0. The fourth-order valence-electron chi connectivity index (χ4n) is 3.06. The summed E-state index contributed by atoms with van der Waals surface area (Å²) in [5.41, 5.74) is 1.59. The van der Waals surface area contributed by atoms with Crippen LogP contribution in [0, 0.1) is 0 Å². The third-order valence-corrected chi connectivity index (χ3v) is 4.12. The first-order valence-corrected chi connectivity index (χ1v) is 7.17. The van der Waals surface area contributed by atoms with Gasteiger partial charge in [0, 0.05) is 18.2 Å². The maximum Gasteiger partial charge on any atom is 0.275 e. The molecule has 0 bridgehead atoms. The molecule has 0 N–H and O–H groups in total. The number of hydrogen-bond acceptors (Lipinski definition) is 3. The number of carbonyl (C=O) groups is 2. The number of carbonyl (C=O) groups excluding carboxylic acids is 2. The molecule has 0 atom stereocenters. The van der Waals surface area contributed by atoms with Crippen LogP contribution in [0.15, 0.2) is 59.4 Å². The molecule has 112 valence electrons. The second kappa shape index (κ2) is 4.64. The topological polar surface area (TPSA) is 61.1 Å². The molecule has 0 radical (unpaired) electrons. The average molecular weight is 304 g/mol. The van der Waals surface area contributed by atoms with Crippen molar-refractivity contribution in [3.05, 3.63) is 76.2 Å². The van der Waals surface area contributed by atoms with Gasteiger partial charge in [-0.15, -0.1) is 0 Å². The fraction of sp³-hybridized carbons (Fsp3) is 0.0556. The zero-order valence-corrected chi connectivity index (χ0v) is 12.3. The van der Waals surface area contributed by atoms with Crippen molar-refractivity contribution in [1.29, 1.82) is 0 Å². The van der Waals surface area contributed by atoms with Gasteiger partial charge in [-0.25, -0.2) is 9.36 Å². The highest BCUT2D eigenvalue weighted by molar-refractivity contribution is 6.52. The predicted octanol–water partition coefficient (Wildman–Crippen LogP) is 2.22. The molecule has 3 aromatic rings. The van der Waals surface area contributed by atoms with Gasteiger partial charge < -0.3 is 0 Å². The molecule has 1 aromatic heterocycles. The van der Waals surface area contributed by atoms with Crippen molar-refractivity contribution in [3.8, 4) is 16.8 Å². The van der Waals surface area contributed by atoms with Crippen molar-refractivity contribution in [2.24, 2.45) is 7.05 Å². The summed E-state index contributed by atoms with van der Waals surface area (Å²) in [7, 11) is 1.59. The molecule has 1 aliphatic carbocycles. The molecule has 5 heteroatoms. The Morgan fingerprint density at radius 2 is 1.35 bits per heavy atom. The standard InChI is InChI=1S/C18H12N2O3/c1-19-18(23)14-12-9-5-6-10-13(12)16(21)17(22)15(14)20(19)11-7-3-2-4-8-11/h2-10H,1H3. The highest BCUT2D eigenvalue weighted by Crippen LogP contribution is 2.32. The fourth-order valence-corrected chi connectivity index (χ4v) is 3.06. The Bertz CT molecular complexity index is 1030. The van der Waals surface area contributed by atoms with Crippen molar-refractivity contribution in [3.63, 3.8) is 0 Å². The minimum atomic E-state index is -0.653. The minimum absolute atomic E-state index is 0.132. The van der Waals surface area contributed by atoms with E-state index in [0.29, 0.717) is 11.3 Å². The summed E-state index contributed by atoms with van der Waals surface area (Å²) < 4.78 is 2.88. The van der Waals surface area contributed by atoms with E-state index in [1.165, 1.54) is 9.36 Å². The van der Waals surface area contributed by atoms with Gasteiger partial charge >= 0.3 is 0 Å². The van der Waals surface area contributed by atoms with Crippen LogP contribution in [0.5, 0.6) is 0 Å². The van der Waals surface area contributed by atoms with Crippen LogP contribution in [-0.2, 0) is 7.05 Å². The molecule has 0 unspecified atom stereocenters. The van der Waals surface area contributed by atoms with Gasteiger partial charge in [-0.05, 0) is 12.1 Å². The Labute approximate surface area is 131 Å². The van der Waals surface area contributed by atoms with E-state index in [0.717, 1.165) is 0 Å². The molecule has 23 heavy (non-hydrogen) atoms. The molecule has 1 aliphatic rings. The van der Waals surface area contributed by atoms with Crippen LogP contribution in [0.3, 0.4) is 0 Å². The molecule has 0 aliphatic heterocycles. The summed E-state index contributed by atoms with van der Waals surface area (Å²) in [4.78, 5) is 37.7. The van der Waals surface area contributed by atoms with Crippen LogP contribution in [0.1, 0.15) is 20.8 Å². The maximum atomic E-state index is 12.7. The van der Waals surface area contributed by atoms with E-state index in [-0.39, 0.29) is 22.4 Å². The van der Waals surface area contributed by atoms with Gasteiger partial charge in [-0.1, -0.05) is 42.5 Å². The molecule has 0 saturated heterocycles. The number of nitrogens with zero attached hydrogens (tertiary/aromatic N) is 2. The van der Waals surface area contributed by atoms with Crippen molar-refractivity contribution < 1.29 is 9.59 Å². The van der Waals surface area contributed by atoms with Crippen molar-refractivity contribution >= 4 is 11.6 Å². The van der Waals surface area contributed by atoms with Crippen LogP contribution >= 0.6 is 0 Å². The number of para-hydroxylation sites is 1. The number of ketones is 2. The van der Waals surface area contributed by atoms with Crippen LogP contribution in [0.4, 0.5) is 0 Å². The first kappa shape index (κ1) is 13.5. The van der Waals surface area contributed by atoms with Gasteiger partial charge in [0.25, 0.3) is 11.3 Å². The normalized spacial score (nSPS) is 12.9. The Hall–Kier alpha value is -3.21. The molecule has 4 rings (SSSR count). The zero-order valence-electron chi connectivity index (χ0n) is 12.3. The number of aromatic nitrogens is 2. The molecular weight excluding hydrogens is 292 g/mol. The Balaban J connectivity index is 2.16. The SMILES string of the molecule is Cn1c(=O)c2c(n1-c1ccccc1)C(=O)C(=O)c1ccccc1-2. The highest BCUT2D eigenvalue weighted by atomic mass is 16.2. The van der Waals surface area contributed by atoms with E-state index in [9.17, 15) is 14.4 Å². The summed E-state index contributed by atoms with van der Waals surface area (Å²) in [5.74, 6) is -1.23. The lowest BCUT2D eigenvalue weighted by Crippen LogP contribution is -2.24. The van der Waals surface area contributed by atoms with Crippen molar-refractivity contribution in [1.82, 2.24) is 9.36 Å². The summed E-state index contributed by atoms with van der Waals surface area (Å²) in [6, 6.07) is 15.8. The Kier molecular flexibility index (Phi) is 2.72. The van der Waals surface area contributed by atoms with Crippen molar-refractivity contribution in [2.45, 2.75) is 0 Å². The molecule has 0 amide bonds. The van der Waals surface area contributed by atoms with Gasteiger partial charge in [0.15, 0.2) is 0 Å². The van der Waals surface area contributed by atoms with E-state index in [1.54, 1.807) is 43.4 Å². The maximum absolute atomic E-state index is 12.7. The summed E-state index contributed by atoms with van der Waals surface area (Å²) in [6.45, 7) is 0. The molecule has 2 aromatic carbocycles. The number of rotatable bonds is 1. The molecule has 0 saturated carbocycles. The van der Waals surface area contributed by atoms with E-state index >= 15 is 0 Å². The van der Waals surface area contributed by atoms with Crippen LogP contribution in [0.2, 0.25) is 0 Å². The smallest absolute Gasteiger partial charge is 0.275 e. The lowest BCUT2D eigenvalue weighted by Gasteiger charge is -2.16. The van der Waals surface area contributed by atoms with E-state index in [4.69, 9.17) is 0 Å². The molecule has 5 nitrogen and oxygen atoms in total. The van der Waals surface area contributed by atoms with Crippen LogP contribution in [-0.4, -0.2) is 20.9 Å². The van der Waals surface area contributed by atoms with Gasteiger partial charge in [0.05, 0.1) is 11.3 Å². The minimum Gasteiger partial charge on any atom is -0.285 e. The number of benzene rings is 2. The number of hydrogen-bond donors (Lipinski definition) is 0. The van der Waals surface area contributed by atoms with E-state index in [1.807, 2.05) is 18.2 Å². The Morgan fingerprint density at radius 3 is 2.04 bits per heavy atom. The van der Waals surface area contributed by atoms with Gasteiger partial charge in [0.1, 0.15) is 5.69 Å². The Morgan fingerprint density at radius 1 is 0.739 bits per heavy atom. The third kappa shape index (κ3) is 1.70. The zero-order chi connectivity index (χ0) is 16.1. The number of Topliss-reactive ketones (excluding diaryl/α,β-unsaturated/α-hetero) is 2. The van der Waals surface area contributed by atoms with E-state index in [2.05, 4.69) is 0 Å². The van der Waals surface area contributed by atoms with Crippen LogP contribution in [0.25, 0.3) is 16.8 Å². The number of fused-ring (bicyclic) bond motifs is 3. The van der Waals surface area contributed by atoms with Crippen LogP contribution < -0.4 is 5.56 Å². The van der Waals surface area contributed by atoms with Crippen molar-refractivity contribution in [2.75, 3.05) is 0 Å². The largest absolute Gasteiger partial charge is 0.285 e. The molecule has 1 heterocycles. The summed E-state index contributed by atoms with van der Waals surface area (Å²) >= 11 is 0. The second-order valence-corrected chi connectivity index (χ2v) is 5.40. The lowest BCUT2D eigenvalue weighted by molar-refractivity contribution is 0.0810. The monoisotopic (exact) mass is 304 g/mol.